The Morgan fingerprint density at radius 3 is 2.71 bits per heavy atom. The molecule has 0 aromatic heterocycles. The van der Waals surface area contributed by atoms with E-state index in [4.69, 9.17) is 4.74 Å². The van der Waals surface area contributed by atoms with Gasteiger partial charge in [0, 0.05) is 7.11 Å². The number of rotatable bonds is 2. The minimum Gasteiger partial charge on any atom is -0.368 e. The summed E-state index contributed by atoms with van der Waals surface area (Å²) in [6.45, 7) is 0. The van der Waals surface area contributed by atoms with Gasteiger partial charge in [-0.15, -0.1) is 0 Å². The van der Waals surface area contributed by atoms with Gasteiger partial charge in [-0.3, -0.25) is 4.79 Å². The molecular weight excluding hydrogens is 210 g/mol. The molecule has 14 heavy (non-hydrogen) atoms. The third-order valence-electron chi connectivity index (χ3n) is 2.57. The highest BCUT2D eigenvalue weighted by Crippen LogP contribution is 2.35. The second-order valence-electron chi connectivity index (χ2n) is 3.33. The molecular formula is C7H9NO5S. The Hall–Kier alpha value is -0.950. The van der Waals surface area contributed by atoms with E-state index >= 15 is 0 Å². The van der Waals surface area contributed by atoms with Crippen molar-refractivity contribution >= 4 is 22.0 Å². The lowest BCUT2D eigenvalue weighted by Gasteiger charge is -2.41. The van der Waals surface area contributed by atoms with Gasteiger partial charge in [0.05, 0.1) is 5.75 Å². The average Bonchev–Trinajstić information content (AvgIpc) is 2.35. The molecule has 3 atom stereocenters. The maximum absolute atomic E-state index is 11.5. The van der Waals surface area contributed by atoms with Crippen LogP contribution in [-0.4, -0.2) is 55.9 Å². The summed E-state index contributed by atoms with van der Waals surface area (Å²) in [5.41, 5.74) is 0. The number of fused-ring (bicyclic) bond motifs is 1. The van der Waals surface area contributed by atoms with E-state index in [1.165, 1.54) is 7.11 Å². The Bertz CT molecular complexity index is 389. The predicted octanol–water partition coefficient (Wildman–Crippen LogP) is -1.83. The van der Waals surface area contributed by atoms with Crippen LogP contribution in [0.3, 0.4) is 0 Å². The summed E-state index contributed by atoms with van der Waals surface area (Å²) >= 11 is 0. The van der Waals surface area contributed by atoms with E-state index in [0.29, 0.717) is 6.29 Å². The lowest BCUT2D eigenvalue weighted by atomic mass is 10.1. The van der Waals surface area contributed by atoms with Crippen molar-refractivity contribution in [2.75, 3.05) is 12.9 Å². The molecule has 0 aromatic rings. The van der Waals surface area contributed by atoms with Crippen LogP contribution in [0.2, 0.25) is 0 Å². The summed E-state index contributed by atoms with van der Waals surface area (Å²) in [7, 11) is -2.11. The maximum Gasteiger partial charge on any atom is 0.256 e. The number of hydrogen-bond donors (Lipinski definition) is 0. The third kappa shape index (κ3) is 0.963. The quantitative estimate of drug-likeness (QED) is 0.403. The number of aldehydes is 1. The number of amides is 1. The number of carbonyl (C=O) groups excluding carboxylic acids is 2. The van der Waals surface area contributed by atoms with Crippen LogP contribution in [0.5, 0.6) is 0 Å². The van der Waals surface area contributed by atoms with Gasteiger partial charge in [-0.1, -0.05) is 0 Å². The summed E-state index contributed by atoms with van der Waals surface area (Å²) in [5, 5.41) is -0.949. The monoisotopic (exact) mass is 219 g/mol. The highest BCUT2D eigenvalue weighted by molar-refractivity contribution is 7.92. The molecule has 2 heterocycles. The molecule has 0 aromatic carbocycles. The molecule has 2 aliphatic rings. The van der Waals surface area contributed by atoms with Gasteiger partial charge in [-0.05, 0) is 0 Å². The highest BCUT2D eigenvalue weighted by Gasteiger charge is 2.62. The second kappa shape index (κ2) is 2.77. The van der Waals surface area contributed by atoms with Crippen LogP contribution >= 0.6 is 0 Å². The minimum atomic E-state index is -3.39. The number of ether oxygens (including phenoxy) is 1. The zero-order valence-corrected chi connectivity index (χ0v) is 8.23. The van der Waals surface area contributed by atoms with E-state index in [2.05, 4.69) is 0 Å². The molecule has 2 rings (SSSR count). The first kappa shape index (κ1) is 9.60. The van der Waals surface area contributed by atoms with Gasteiger partial charge < -0.3 is 14.4 Å². The predicted molar refractivity (Wildman–Crippen MR) is 45.1 cm³/mol. The van der Waals surface area contributed by atoms with E-state index in [1.54, 1.807) is 0 Å². The highest BCUT2D eigenvalue weighted by atomic mass is 32.2. The molecule has 7 heteroatoms. The fourth-order valence-electron chi connectivity index (χ4n) is 1.91. The van der Waals surface area contributed by atoms with Crippen molar-refractivity contribution in [1.29, 1.82) is 0 Å². The SMILES string of the molecule is CO[C@H]1C(=O)N2C(C=O)CS(=O)(=O)[C@@H]12. The van der Waals surface area contributed by atoms with Gasteiger partial charge in [0.2, 0.25) is 0 Å². The number of hydrogen-bond acceptors (Lipinski definition) is 5. The number of methoxy groups -OCH3 is 1. The molecule has 6 nitrogen and oxygen atoms in total. The molecule has 2 aliphatic heterocycles. The zero-order chi connectivity index (χ0) is 10.5. The van der Waals surface area contributed by atoms with Crippen LogP contribution in [0, 0.1) is 0 Å². The van der Waals surface area contributed by atoms with Gasteiger partial charge in [-0.2, -0.15) is 0 Å². The molecule has 1 unspecified atom stereocenters. The summed E-state index contributed by atoms with van der Waals surface area (Å²) in [6.07, 6.45) is -0.439. The van der Waals surface area contributed by atoms with Crippen LogP contribution in [0.1, 0.15) is 0 Å². The minimum absolute atomic E-state index is 0.285. The largest absolute Gasteiger partial charge is 0.368 e. The third-order valence-corrected chi connectivity index (χ3v) is 4.59. The Kier molecular flexibility index (Phi) is 1.90. The Morgan fingerprint density at radius 1 is 1.57 bits per heavy atom. The zero-order valence-electron chi connectivity index (χ0n) is 7.41. The van der Waals surface area contributed by atoms with E-state index in [-0.39, 0.29) is 5.75 Å². The molecule has 0 bridgehead atoms. The normalized spacial score (nSPS) is 39.1. The van der Waals surface area contributed by atoms with E-state index in [1.807, 2.05) is 0 Å². The summed E-state index contributed by atoms with van der Waals surface area (Å²) in [6, 6.07) is -0.830. The van der Waals surface area contributed by atoms with Gasteiger partial charge in [0.15, 0.2) is 21.3 Å². The molecule has 0 radical (unpaired) electrons. The number of sulfone groups is 1. The molecule has 2 fully saturated rings. The lowest BCUT2D eigenvalue weighted by Crippen LogP contribution is -2.66. The Balaban J connectivity index is 2.36. The second-order valence-corrected chi connectivity index (χ2v) is 5.47. The van der Waals surface area contributed by atoms with Gasteiger partial charge in [0.25, 0.3) is 5.91 Å². The van der Waals surface area contributed by atoms with Crippen molar-refractivity contribution in [2.45, 2.75) is 17.5 Å². The maximum atomic E-state index is 11.5. The van der Waals surface area contributed by atoms with E-state index < -0.39 is 33.3 Å². The molecule has 0 N–H and O–H groups in total. The van der Waals surface area contributed by atoms with Crippen molar-refractivity contribution in [3.8, 4) is 0 Å². The summed E-state index contributed by atoms with van der Waals surface area (Å²) in [5.74, 6) is -0.706. The van der Waals surface area contributed by atoms with E-state index in [9.17, 15) is 18.0 Å². The van der Waals surface area contributed by atoms with Crippen LogP contribution in [0.25, 0.3) is 0 Å². The number of β-lactam (4-membered cyclic amide) rings is 1. The van der Waals surface area contributed by atoms with Gasteiger partial charge in [0.1, 0.15) is 12.3 Å². The topological polar surface area (TPSA) is 80.8 Å². The molecule has 0 spiro atoms. The van der Waals surface area contributed by atoms with E-state index in [0.717, 1.165) is 4.90 Å². The van der Waals surface area contributed by atoms with Crippen molar-refractivity contribution in [3.05, 3.63) is 0 Å². The van der Waals surface area contributed by atoms with Crippen molar-refractivity contribution in [2.24, 2.45) is 0 Å². The Labute approximate surface area is 80.7 Å². The van der Waals surface area contributed by atoms with Crippen LogP contribution in [-0.2, 0) is 24.2 Å². The van der Waals surface area contributed by atoms with Crippen molar-refractivity contribution in [1.82, 2.24) is 4.90 Å². The molecule has 1 amide bonds. The standard InChI is InChI=1S/C7H9NO5S/c1-13-5-6(10)8-4(2-9)3-14(11,12)7(5)8/h2,4-5,7H,3H2,1H3/t4?,5-,7-/m0/s1. The lowest BCUT2D eigenvalue weighted by molar-refractivity contribution is -0.165. The summed E-state index contributed by atoms with van der Waals surface area (Å²) < 4.78 is 27.7. The molecule has 0 saturated carbocycles. The van der Waals surface area contributed by atoms with Crippen molar-refractivity contribution < 1.29 is 22.7 Å². The smallest absolute Gasteiger partial charge is 0.256 e. The average molecular weight is 219 g/mol. The molecule has 78 valence electrons. The number of nitrogens with zero attached hydrogens (tertiary/aromatic N) is 1. The summed E-state index contributed by atoms with van der Waals surface area (Å²) in [4.78, 5) is 22.9. The van der Waals surface area contributed by atoms with Crippen molar-refractivity contribution in [3.63, 3.8) is 0 Å². The molecule has 0 aliphatic carbocycles. The molecule has 2 saturated heterocycles. The first-order chi connectivity index (χ1) is 6.53. The first-order valence-electron chi connectivity index (χ1n) is 4.05. The fraction of sp³-hybridized carbons (Fsp3) is 0.714. The fourth-order valence-corrected chi connectivity index (χ4v) is 4.03. The van der Waals surface area contributed by atoms with Gasteiger partial charge in [-0.25, -0.2) is 8.42 Å². The number of carbonyl (C=O) groups is 2. The van der Waals surface area contributed by atoms with Crippen LogP contribution in [0.4, 0.5) is 0 Å². The first-order valence-corrected chi connectivity index (χ1v) is 5.76. The van der Waals surface area contributed by atoms with Crippen LogP contribution < -0.4 is 0 Å². The Morgan fingerprint density at radius 2 is 2.21 bits per heavy atom. The van der Waals surface area contributed by atoms with Crippen LogP contribution in [0.15, 0.2) is 0 Å². The van der Waals surface area contributed by atoms with Gasteiger partial charge >= 0.3 is 0 Å².